The molecule has 0 saturated heterocycles. The van der Waals surface area contributed by atoms with Gasteiger partial charge >= 0.3 is 0 Å². The highest BCUT2D eigenvalue weighted by molar-refractivity contribution is 6.06. The summed E-state index contributed by atoms with van der Waals surface area (Å²) in [5, 5.41) is 13.4. The molecule has 2 aromatic carbocycles. The van der Waals surface area contributed by atoms with E-state index in [4.69, 9.17) is 4.84 Å². The SMILES string of the molecule is CNC(=O)c1ccn(-c2ccc(NC(=O)C3CC(c4cccc(F)c4)=NO3)cc2)n1. The molecule has 4 rings (SSSR count). The third-order valence-electron chi connectivity index (χ3n) is 4.57. The maximum atomic E-state index is 13.4. The summed E-state index contributed by atoms with van der Waals surface area (Å²) in [4.78, 5) is 29.3. The standard InChI is InChI=1S/C21H18FN5O3/c1-23-20(28)17-9-10-27(25-17)16-7-5-15(6-8-16)24-21(29)19-12-18(26-30-19)13-3-2-4-14(22)11-13/h2-11,19H,12H2,1H3,(H,23,28)(H,24,29). The van der Waals surface area contributed by atoms with Crippen LogP contribution in [0.2, 0.25) is 0 Å². The number of carbonyl (C=O) groups is 2. The van der Waals surface area contributed by atoms with E-state index in [1.807, 2.05) is 0 Å². The van der Waals surface area contributed by atoms with Crippen molar-refractivity contribution < 1.29 is 18.8 Å². The van der Waals surface area contributed by atoms with Crippen LogP contribution in [0.25, 0.3) is 5.69 Å². The van der Waals surface area contributed by atoms with Gasteiger partial charge in [-0.25, -0.2) is 9.07 Å². The molecule has 0 saturated carbocycles. The fraction of sp³-hybridized carbons (Fsp3) is 0.143. The molecule has 1 aromatic heterocycles. The van der Waals surface area contributed by atoms with Gasteiger partial charge in [-0.15, -0.1) is 0 Å². The van der Waals surface area contributed by atoms with Gasteiger partial charge in [-0.1, -0.05) is 17.3 Å². The second kappa shape index (κ2) is 8.16. The molecule has 2 heterocycles. The van der Waals surface area contributed by atoms with E-state index in [9.17, 15) is 14.0 Å². The molecule has 9 heteroatoms. The fourth-order valence-electron chi connectivity index (χ4n) is 2.99. The van der Waals surface area contributed by atoms with Crippen LogP contribution in [0.15, 0.2) is 65.9 Å². The molecule has 1 atom stereocenters. The summed E-state index contributed by atoms with van der Waals surface area (Å²) >= 11 is 0. The van der Waals surface area contributed by atoms with Crippen molar-refractivity contribution in [1.29, 1.82) is 0 Å². The molecule has 2 amide bonds. The number of hydrogen-bond acceptors (Lipinski definition) is 5. The average molecular weight is 407 g/mol. The molecule has 1 aliphatic rings. The van der Waals surface area contributed by atoms with E-state index < -0.39 is 6.10 Å². The topological polar surface area (TPSA) is 97.6 Å². The average Bonchev–Trinajstić information content (AvgIpc) is 3.44. The highest BCUT2D eigenvalue weighted by Gasteiger charge is 2.29. The molecule has 0 fully saturated rings. The number of benzene rings is 2. The Kier molecular flexibility index (Phi) is 5.25. The lowest BCUT2D eigenvalue weighted by Gasteiger charge is -2.10. The molecule has 152 valence electrons. The zero-order valence-corrected chi connectivity index (χ0v) is 16.0. The second-order valence-electron chi connectivity index (χ2n) is 6.61. The Hall–Kier alpha value is -4.01. The van der Waals surface area contributed by atoms with Gasteiger partial charge in [0.2, 0.25) is 6.10 Å². The lowest BCUT2D eigenvalue weighted by atomic mass is 10.0. The van der Waals surface area contributed by atoms with Crippen molar-refractivity contribution in [3.8, 4) is 5.69 Å². The Balaban J connectivity index is 1.37. The largest absolute Gasteiger partial charge is 0.382 e. The van der Waals surface area contributed by atoms with E-state index in [1.165, 1.54) is 12.1 Å². The van der Waals surface area contributed by atoms with Gasteiger partial charge in [0, 0.05) is 30.9 Å². The summed E-state index contributed by atoms with van der Waals surface area (Å²) in [5.41, 5.74) is 2.73. The lowest BCUT2D eigenvalue weighted by molar-refractivity contribution is -0.125. The normalized spacial score (nSPS) is 15.3. The Bertz CT molecular complexity index is 1120. The summed E-state index contributed by atoms with van der Waals surface area (Å²) in [5.74, 6) is -0.990. The Labute approximate surface area is 171 Å². The smallest absolute Gasteiger partial charge is 0.271 e. The fourth-order valence-corrected chi connectivity index (χ4v) is 2.99. The number of amides is 2. The third-order valence-corrected chi connectivity index (χ3v) is 4.57. The maximum absolute atomic E-state index is 13.4. The van der Waals surface area contributed by atoms with Gasteiger partial charge in [-0.3, -0.25) is 9.59 Å². The van der Waals surface area contributed by atoms with Crippen LogP contribution in [0.4, 0.5) is 10.1 Å². The molecule has 8 nitrogen and oxygen atoms in total. The number of rotatable bonds is 5. The molecule has 0 radical (unpaired) electrons. The number of nitrogens with zero attached hydrogens (tertiary/aromatic N) is 3. The van der Waals surface area contributed by atoms with Gasteiger partial charge in [0.25, 0.3) is 11.8 Å². The summed E-state index contributed by atoms with van der Waals surface area (Å²) in [6.07, 6.45) is 1.14. The van der Waals surface area contributed by atoms with Crippen molar-refractivity contribution >= 4 is 23.2 Å². The minimum Gasteiger partial charge on any atom is -0.382 e. The molecule has 1 aliphatic heterocycles. The highest BCUT2D eigenvalue weighted by Crippen LogP contribution is 2.20. The second-order valence-corrected chi connectivity index (χ2v) is 6.61. The van der Waals surface area contributed by atoms with Crippen molar-refractivity contribution in [3.63, 3.8) is 0 Å². The Morgan fingerprint density at radius 2 is 1.97 bits per heavy atom. The number of nitrogens with one attached hydrogen (secondary N) is 2. The van der Waals surface area contributed by atoms with Crippen LogP contribution < -0.4 is 10.6 Å². The summed E-state index contributed by atoms with van der Waals surface area (Å²) in [6, 6.07) is 14.6. The number of aromatic nitrogens is 2. The van der Waals surface area contributed by atoms with Crippen molar-refractivity contribution in [2.24, 2.45) is 5.16 Å². The summed E-state index contributed by atoms with van der Waals surface area (Å²) < 4.78 is 14.9. The zero-order chi connectivity index (χ0) is 21.1. The molecular formula is C21H18FN5O3. The van der Waals surface area contributed by atoms with Crippen molar-refractivity contribution in [2.75, 3.05) is 12.4 Å². The number of hydrogen-bond donors (Lipinski definition) is 2. The zero-order valence-electron chi connectivity index (χ0n) is 16.0. The Morgan fingerprint density at radius 3 is 2.70 bits per heavy atom. The molecule has 2 N–H and O–H groups in total. The van der Waals surface area contributed by atoms with Gasteiger partial charge in [-0.05, 0) is 42.5 Å². The summed E-state index contributed by atoms with van der Waals surface area (Å²) in [6.45, 7) is 0. The van der Waals surface area contributed by atoms with E-state index >= 15 is 0 Å². The van der Waals surface area contributed by atoms with E-state index in [0.717, 1.165) is 5.69 Å². The molecule has 0 bridgehead atoms. The van der Waals surface area contributed by atoms with Crippen LogP contribution >= 0.6 is 0 Å². The van der Waals surface area contributed by atoms with Crippen LogP contribution in [0.3, 0.4) is 0 Å². The predicted molar refractivity (Wildman–Crippen MR) is 108 cm³/mol. The first kappa shape index (κ1) is 19.3. The first-order valence-electron chi connectivity index (χ1n) is 9.21. The van der Waals surface area contributed by atoms with E-state index in [1.54, 1.807) is 60.4 Å². The number of carbonyl (C=O) groups excluding carboxylic acids is 2. The number of oxime groups is 1. The van der Waals surface area contributed by atoms with Crippen LogP contribution in [-0.2, 0) is 9.63 Å². The molecule has 0 aliphatic carbocycles. The molecule has 30 heavy (non-hydrogen) atoms. The van der Waals surface area contributed by atoms with Crippen LogP contribution in [0.1, 0.15) is 22.5 Å². The Morgan fingerprint density at radius 1 is 1.17 bits per heavy atom. The third kappa shape index (κ3) is 4.04. The van der Waals surface area contributed by atoms with Crippen molar-refractivity contribution in [1.82, 2.24) is 15.1 Å². The maximum Gasteiger partial charge on any atom is 0.271 e. The van der Waals surface area contributed by atoms with Gasteiger partial charge in [0.15, 0.2) is 5.69 Å². The van der Waals surface area contributed by atoms with E-state index in [0.29, 0.717) is 22.7 Å². The number of anilines is 1. The van der Waals surface area contributed by atoms with Crippen LogP contribution in [0, 0.1) is 5.82 Å². The quantitative estimate of drug-likeness (QED) is 0.679. The van der Waals surface area contributed by atoms with Crippen LogP contribution in [-0.4, -0.2) is 40.5 Å². The van der Waals surface area contributed by atoms with E-state index in [-0.39, 0.29) is 24.1 Å². The van der Waals surface area contributed by atoms with Crippen molar-refractivity contribution in [3.05, 3.63) is 77.9 Å². The van der Waals surface area contributed by atoms with Crippen molar-refractivity contribution in [2.45, 2.75) is 12.5 Å². The minimum absolute atomic E-state index is 0.253. The van der Waals surface area contributed by atoms with Gasteiger partial charge in [0.1, 0.15) is 5.82 Å². The molecular weight excluding hydrogens is 389 g/mol. The highest BCUT2D eigenvalue weighted by atomic mass is 19.1. The van der Waals surface area contributed by atoms with Gasteiger partial charge in [-0.2, -0.15) is 5.10 Å². The minimum atomic E-state index is -0.788. The molecule has 3 aromatic rings. The summed E-state index contributed by atoms with van der Waals surface area (Å²) in [7, 11) is 1.54. The van der Waals surface area contributed by atoms with Gasteiger partial charge in [0.05, 0.1) is 11.4 Å². The van der Waals surface area contributed by atoms with E-state index in [2.05, 4.69) is 20.9 Å². The van der Waals surface area contributed by atoms with Crippen LogP contribution in [0.5, 0.6) is 0 Å². The first-order chi connectivity index (χ1) is 14.5. The molecule has 1 unspecified atom stereocenters. The predicted octanol–water partition coefficient (Wildman–Crippen LogP) is 2.50. The number of halogens is 1. The molecule has 0 spiro atoms. The monoisotopic (exact) mass is 407 g/mol. The lowest BCUT2D eigenvalue weighted by Crippen LogP contribution is -2.28. The van der Waals surface area contributed by atoms with Gasteiger partial charge < -0.3 is 15.5 Å². The first-order valence-corrected chi connectivity index (χ1v) is 9.21.